The zero-order chi connectivity index (χ0) is 21.6. The van der Waals surface area contributed by atoms with Crippen LogP contribution in [0.4, 0.5) is 0 Å². The van der Waals surface area contributed by atoms with E-state index in [2.05, 4.69) is 35.0 Å². The summed E-state index contributed by atoms with van der Waals surface area (Å²) in [6.45, 7) is 6.01. The van der Waals surface area contributed by atoms with E-state index in [-0.39, 0.29) is 5.91 Å². The molecule has 31 heavy (non-hydrogen) atoms. The average Bonchev–Trinajstić information content (AvgIpc) is 3.18. The molecule has 1 aromatic heterocycles. The van der Waals surface area contributed by atoms with Crippen LogP contribution in [0.1, 0.15) is 36.8 Å². The van der Waals surface area contributed by atoms with Gasteiger partial charge in [-0.05, 0) is 55.0 Å². The Morgan fingerprint density at radius 1 is 1.06 bits per heavy atom. The first-order chi connectivity index (χ1) is 15.2. The number of rotatable bonds is 8. The third-order valence-electron chi connectivity index (χ3n) is 6.30. The third-order valence-corrected chi connectivity index (χ3v) is 6.30. The predicted octanol–water partition coefficient (Wildman–Crippen LogP) is 4.64. The molecule has 0 N–H and O–H groups in total. The lowest BCUT2D eigenvalue weighted by molar-refractivity contribution is -0.131. The van der Waals surface area contributed by atoms with Gasteiger partial charge in [-0.15, -0.1) is 0 Å². The van der Waals surface area contributed by atoms with Gasteiger partial charge in [0.1, 0.15) is 5.75 Å². The topological polar surface area (TPSA) is 43.7 Å². The van der Waals surface area contributed by atoms with Gasteiger partial charge in [-0.1, -0.05) is 30.3 Å². The Morgan fingerprint density at radius 3 is 2.52 bits per heavy atom. The van der Waals surface area contributed by atoms with Gasteiger partial charge in [-0.3, -0.25) is 4.79 Å². The van der Waals surface area contributed by atoms with E-state index in [0.29, 0.717) is 12.3 Å². The lowest BCUT2D eigenvalue weighted by Gasteiger charge is -2.32. The number of hydrogen-bond donors (Lipinski definition) is 0. The van der Waals surface area contributed by atoms with Gasteiger partial charge in [0.25, 0.3) is 0 Å². The normalized spacial score (nSPS) is 14.8. The number of carbonyl (C=O) groups excluding carboxylic acids is 1. The molecule has 0 saturated carbocycles. The number of para-hydroxylation sites is 1. The maximum Gasteiger partial charge on any atom is 0.226 e. The molecule has 1 aliphatic heterocycles. The first-order valence-corrected chi connectivity index (χ1v) is 11.3. The van der Waals surface area contributed by atoms with E-state index in [4.69, 9.17) is 9.47 Å². The summed E-state index contributed by atoms with van der Waals surface area (Å²) in [4.78, 5) is 14.8. The highest BCUT2D eigenvalue weighted by atomic mass is 16.5. The SMILES string of the molecule is CCOCCn1cc(C2CCN(C(=O)Cc3ccc(OC)cc3)CC2)c2ccccc21. The third kappa shape index (κ3) is 4.93. The number of carbonyl (C=O) groups is 1. The number of amides is 1. The van der Waals surface area contributed by atoms with E-state index in [1.807, 2.05) is 36.1 Å². The van der Waals surface area contributed by atoms with Crippen LogP contribution in [0.25, 0.3) is 10.9 Å². The number of ether oxygens (including phenoxy) is 2. The van der Waals surface area contributed by atoms with Gasteiger partial charge in [0.2, 0.25) is 5.91 Å². The summed E-state index contributed by atoms with van der Waals surface area (Å²) in [6, 6.07) is 16.4. The number of fused-ring (bicyclic) bond motifs is 1. The lowest BCUT2D eigenvalue weighted by atomic mass is 9.89. The van der Waals surface area contributed by atoms with Gasteiger partial charge in [0.05, 0.1) is 20.1 Å². The van der Waals surface area contributed by atoms with Crippen LogP contribution in [0.3, 0.4) is 0 Å². The molecule has 3 aromatic rings. The average molecular weight is 421 g/mol. The second-order valence-corrected chi connectivity index (χ2v) is 8.17. The summed E-state index contributed by atoms with van der Waals surface area (Å²) in [6.07, 6.45) is 4.77. The molecule has 164 valence electrons. The zero-order valence-electron chi connectivity index (χ0n) is 18.5. The monoisotopic (exact) mass is 420 g/mol. The highest BCUT2D eigenvalue weighted by Gasteiger charge is 2.26. The minimum atomic E-state index is 0.211. The summed E-state index contributed by atoms with van der Waals surface area (Å²) < 4.78 is 13.1. The number of benzene rings is 2. The molecule has 1 amide bonds. The molecule has 5 nitrogen and oxygen atoms in total. The molecule has 0 bridgehead atoms. The maximum absolute atomic E-state index is 12.8. The van der Waals surface area contributed by atoms with Crippen molar-refractivity contribution in [1.29, 1.82) is 0 Å². The Hall–Kier alpha value is -2.79. The first kappa shape index (κ1) is 21.4. The number of piperidine rings is 1. The molecule has 4 rings (SSSR count). The highest BCUT2D eigenvalue weighted by Crippen LogP contribution is 2.34. The van der Waals surface area contributed by atoms with Crippen molar-refractivity contribution < 1.29 is 14.3 Å². The Balaban J connectivity index is 1.40. The molecule has 1 saturated heterocycles. The molecule has 0 unspecified atom stereocenters. The van der Waals surface area contributed by atoms with Gasteiger partial charge in [0.15, 0.2) is 0 Å². The van der Waals surface area contributed by atoms with E-state index in [0.717, 1.165) is 57.0 Å². The highest BCUT2D eigenvalue weighted by molar-refractivity contribution is 5.84. The van der Waals surface area contributed by atoms with Gasteiger partial charge >= 0.3 is 0 Å². The van der Waals surface area contributed by atoms with Crippen molar-refractivity contribution in [3.8, 4) is 5.75 Å². The van der Waals surface area contributed by atoms with Crippen LogP contribution >= 0.6 is 0 Å². The molecule has 0 spiro atoms. The molecule has 1 aliphatic rings. The number of methoxy groups -OCH3 is 1. The Morgan fingerprint density at radius 2 is 1.81 bits per heavy atom. The van der Waals surface area contributed by atoms with Crippen molar-refractivity contribution >= 4 is 16.8 Å². The van der Waals surface area contributed by atoms with E-state index < -0.39 is 0 Å². The van der Waals surface area contributed by atoms with Gasteiger partial charge < -0.3 is 18.9 Å². The van der Waals surface area contributed by atoms with Crippen LogP contribution in [0.15, 0.2) is 54.7 Å². The molecule has 0 aliphatic carbocycles. The van der Waals surface area contributed by atoms with E-state index in [9.17, 15) is 4.79 Å². The summed E-state index contributed by atoms with van der Waals surface area (Å²) in [5.74, 6) is 1.52. The van der Waals surface area contributed by atoms with Crippen molar-refractivity contribution in [3.05, 3.63) is 65.9 Å². The van der Waals surface area contributed by atoms with E-state index >= 15 is 0 Å². The molecule has 1 fully saturated rings. The summed E-state index contributed by atoms with van der Waals surface area (Å²) in [7, 11) is 1.65. The predicted molar refractivity (Wildman–Crippen MR) is 124 cm³/mol. The van der Waals surface area contributed by atoms with Crippen LogP contribution in [0.5, 0.6) is 5.75 Å². The number of nitrogens with zero attached hydrogens (tertiary/aromatic N) is 2. The minimum Gasteiger partial charge on any atom is -0.497 e. The van der Waals surface area contributed by atoms with Gasteiger partial charge in [-0.2, -0.15) is 0 Å². The van der Waals surface area contributed by atoms with Crippen molar-refractivity contribution in [2.24, 2.45) is 0 Å². The van der Waals surface area contributed by atoms with Gasteiger partial charge in [0, 0.05) is 43.3 Å². The van der Waals surface area contributed by atoms with Crippen LogP contribution in [-0.2, 0) is 22.5 Å². The Kier molecular flexibility index (Phi) is 6.92. The smallest absolute Gasteiger partial charge is 0.226 e. The minimum absolute atomic E-state index is 0.211. The summed E-state index contributed by atoms with van der Waals surface area (Å²) >= 11 is 0. The Labute approximate surface area is 184 Å². The van der Waals surface area contributed by atoms with Crippen LogP contribution in [0, 0.1) is 0 Å². The number of likely N-dealkylation sites (tertiary alicyclic amines) is 1. The molecule has 5 heteroatoms. The molecule has 0 atom stereocenters. The Bertz CT molecular complexity index is 1000. The summed E-state index contributed by atoms with van der Waals surface area (Å²) in [5, 5.41) is 1.34. The zero-order valence-corrected chi connectivity index (χ0v) is 18.5. The fourth-order valence-corrected chi connectivity index (χ4v) is 4.56. The van der Waals surface area contributed by atoms with Gasteiger partial charge in [-0.25, -0.2) is 0 Å². The van der Waals surface area contributed by atoms with Crippen LogP contribution < -0.4 is 4.74 Å². The van der Waals surface area contributed by atoms with E-state index in [1.54, 1.807) is 7.11 Å². The van der Waals surface area contributed by atoms with E-state index in [1.165, 1.54) is 16.5 Å². The molecule has 0 radical (unpaired) electrons. The fourth-order valence-electron chi connectivity index (χ4n) is 4.56. The van der Waals surface area contributed by atoms with Crippen molar-refractivity contribution in [2.75, 3.05) is 33.4 Å². The number of hydrogen-bond acceptors (Lipinski definition) is 3. The second-order valence-electron chi connectivity index (χ2n) is 8.17. The quantitative estimate of drug-likeness (QED) is 0.499. The van der Waals surface area contributed by atoms with Crippen molar-refractivity contribution in [1.82, 2.24) is 9.47 Å². The van der Waals surface area contributed by atoms with Crippen molar-refractivity contribution in [3.63, 3.8) is 0 Å². The molecule has 2 heterocycles. The maximum atomic E-state index is 12.8. The number of aromatic nitrogens is 1. The molecular weight excluding hydrogens is 388 g/mol. The lowest BCUT2D eigenvalue weighted by Crippen LogP contribution is -2.38. The molecular formula is C26H32N2O3. The molecule has 2 aromatic carbocycles. The largest absolute Gasteiger partial charge is 0.497 e. The van der Waals surface area contributed by atoms with Crippen molar-refractivity contribution in [2.45, 2.75) is 38.6 Å². The van der Waals surface area contributed by atoms with Crippen LogP contribution in [0.2, 0.25) is 0 Å². The summed E-state index contributed by atoms with van der Waals surface area (Å²) in [5.41, 5.74) is 3.72. The standard InChI is InChI=1S/C26H32N2O3/c1-3-31-17-16-28-19-24(23-6-4-5-7-25(23)28)21-12-14-27(15-13-21)26(29)18-20-8-10-22(30-2)11-9-20/h4-11,19,21H,3,12-18H2,1-2H3. The second kappa shape index (κ2) is 10.0. The first-order valence-electron chi connectivity index (χ1n) is 11.3. The fraction of sp³-hybridized carbons (Fsp3) is 0.423. The van der Waals surface area contributed by atoms with Crippen LogP contribution in [-0.4, -0.2) is 48.8 Å².